The molecule has 112 valence electrons. The first kappa shape index (κ1) is 14.2. The predicted octanol–water partition coefficient (Wildman–Crippen LogP) is 3.21. The maximum absolute atomic E-state index is 14.5. The lowest BCUT2D eigenvalue weighted by atomic mass is 10.1. The number of aromatic amines is 1. The number of nitrogens with one attached hydrogen (secondary N) is 1. The number of amides is 1. The average Bonchev–Trinajstić information content (AvgIpc) is 2.97. The lowest BCUT2D eigenvalue weighted by Gasteiger charge is -2.11. The fraction of sp³-hybridized carbons (Fsp3) is 0.125. The number of hydrogen-bond acceptors (Lipinski definition) is 2. The molecule has 6 heteroatoms. The number of pyridine rings is 1. The lowest BCUT2D eigenvalue weighted by molar-refractivity contribution is 0.0826. The van der Waals surface area contributed by atoms with E-state index in [2.05, 4.69) is 9.97 Å². The van der Waals surface area contributed by atoms with Crippen molar-refractivity contribution < 1.29 is 13.6 Å². The quantitative estimate of drug-likeness (QED) is 0.790. The molecule has 0 radical (unpaired) electrons. The van der Waals surface area contributed by atoms with E-state index in [1.165, 1.54) is 17.2 Å². The van der Waals surface area contributed by atoms with Gasteiger partial charge in [0.25, 0.3) is 5.91 Å². The zero-order valence-electron chi connectivity index (χ0n) is 12.0. The Morgan fingerprint density at radius 1 is 1.23 bits per heavy atom. The molecule has 1 N–H and O–H groups in total. The third-order valence-electron chi connectivity index (χ3n) is 3.42. The van der Waals surface area contributed by atoms with E-state index in [0.29, 0.717) is 10.9 Å². The van der Waals surface area contributed by atoms with Crippen molar-refractivity contribution in [1.29, 1.82) is 0 Å². The minimum atomic E-state index is -0.735. The van der Waals surface area contributed by atoms with Gasteiger partial charge in [0.15, 0.2) is 0 Å². The van der Waals surface area contributed by atoms with Crippen molar-refractivity contribution in [3.63, 3.8) is 0 Å². The zero-order chi connectivity index (χ0) is 15.9. The van der Waals surface area contributed by atoms with Gasteiger partial charge in [-0.05, 0) is 24.3 Å². The molecule has 0 aliphatic rings. The van der Waals surface area contributed by atoms with Crippen LogP contribution in [0, 0.1) is 11.6 Å². The average molecular weight is 301 g/mol. The lowest BCUT2D eigenvalue weighted by Crippen LogP contribution is -2.22. The third-order valence-corrected chi connectivity index (χ3v) is 3.42. The monoisotopic (exact) mass is 301 g/mol. The van der Waals surface area contributed by atoms with Crippen LogP contribution in [0.4, 0.5) is 8.78 Å². The molecule has 22 heavy (non-hydrogen) atoms. The van der Waals surface area contributed by atoms with Gasteiger partial charge in [0.05, 0.1) is 5.56 Å². The molecule has 0 aliphatic carbocycles. The highest BCUT2D eigenvalue weighted by molar-refractivity contribution is 5.94. The van der Waals surface area contributed by atoms with Crippen molar-refractivity contribution in [2.75, 3.05) is 14.1 Å². The molecule has 0 unspecified atom stereocenters. The molecule has 1 aromatic carbocycles. The number of benzene rings is 1. The highest BCUT2D eigenvalue weighted by Crippen LogP contribution is 2.29. The molecular formula is C16H13F2N3O. The number of aromatic nitrogens is 2. The first-order valence-electron chi connectivity index (χ1n) is 6.62. The molecule has 2 aromatic heterocycles. The van der Waals surface area contributed by atoms with Crippen LogP contribution < -0.4 is 0 Å². The van der Waals surface area contributed by atoms with E-state index in [1.807, 2.05) is 0 Å². The van der Waals surface area contributed by atoms with Crippen LogP contribution in [0.1, 0.15) is 10.4 Å². The Kier molecular flexibility index (Phi) is 3.36. The van der Waals surface area contributed by atoms with Gasteiger partial charge < -0.3 is 9.88 Å². The van der Waals surface area contributed by atoms with Crippen LogP contribution in [-0.2, 0) is 0 Å². The van der Waals surface area contributed by atoms with Crippen LogP contribution in [0.3, 0.4) is 0 Å². The number of nitrogens with zero attached hydrogens (tertiary/aromatic N) is 2. The SMILES string of the molecule is CN(C)C(=O)c1cnc(-c2ccc3[nH]ccc3c2F)c(F)c1. The first-order chi connectivity index (χ1) is 10.5. The topological polar surface area (TPSA) is 49.0 Å². The molecule has 0 fully saturated rings. The number of H-pyrrole nitrogens is 1. The molecule has 3 aromatic rings. The van der Waals surface area contributed by atoms with E-state index in [-0.39, 0.29) is 22.7 Å². The van der Waals surface area contributed by atoms with Gasteiger partial charge in [-0.25, -0.2) is 8.78 Å². The van der Waals surface area contributed by atoms with Crippen molar-refractivity contribution in [1.82, 2.24) is 14.9 Å². The van der Waals surface area contributed by atoms with Gasteiger partial charge in [0.2, 0.25) is 0 Å². The van der Waals surface area contributed by atoms with Crippen molar-refractivity contribution in [3.8, 4) is 11.3 Å². The Hall–Kier alpha value is -2.76. The molecule has 0 saturated heterocycles. The molecule has 1 amide bonds. The molecular weight excluding hydrogens is 288 g/mol. The smallest absolute Gasteiger partial charge is 0.255 e. The number of hydrogen-bond donors (Lipinski definition) is 1. The van der Waals surface area contributed by atoms with Crippen LogP contribution >= 0.6 is 0 Å². The van der Waals surface area contributed by atoms with Crippen molar-refractivity contribution in [3.05, 3.63) is 53.9 Å². The summed E-state index contributed by atoms with van der Waals surface area (Å²) in [5, 5.41) is 0.368. The Labute approximate surface area is 125 Å². The summed E-state index contributed by atoms with van der Waals surface area (Å²) < 4.78 is 28.7. The van der Waals surface area contributed by atoms with E-state index < -0.39 is 11.6 Å². The van der Waals surface area contributed by atoms with Gasteiger partial charge in [-0.3, -0.25) is 9.78 Å². The molecule has 0 spiro atoms. The summed E-state index contributed by atoms with van der Waals surface area (Å²) in [5.74, 6) is -1.64. The second-order valence-electron chi connectivity index (χ2n) is 5.12. The molecule has 4 nitrogen and oxygen atoms in total. The van der Waals surface area contributed by atoms with Crippen molar-refractivity contribution in [2.24, 2.45) is 0 Å². The number of rotatable bonds is 2. The molecule has 0 bridgehead atoms. The number of carbonyl (C=O) groups excluding carboxylic acids is 1. The van der Waals surface area contributed by atoms with E-state index in [9.17, 15) is 13.6 Å². The van der Waals surface area contributed by atoms with E-state index in [4.69, 9.17) is 0 Å². The minimum Gasteiger partial charge on any atom is -0.361 e. The van der Waals surface area contributed by atoms with Crippen molar-refractivity contribution >= 4 is 16.8 Å². The second-order valence-corrected chi connectivity index (χ2v) is 5.12. The highest BCUT2D eigenvalue weighted by atomic mass is 19.1. The fourth-order valence-corrected chi connectivity index (χ4v) is 2.29. The van der Waals surface area contributed by atoms with Gasteiger partial charge in [-0.2, -0.15) is 0 Å². The second kappa shape index (κ2) is 5.22. The summed E-state index contributed by atoms with van der Waals surface area (Å²) in [5.41, 5.74) is 0.694. The van der Waals surface area contributed by atoms with Crippen LogP contribution in [0.15, 0.2) is 36.7 Å². The molecule has 0 aliphatic heterocycles. The van der Waals surface area contributed by atoms with Gasteiger partial charge in [0, 0.05) is 43.0 Å². The summed E-state index contributed by atoms with van der Waals surface area (Å²) in [4.78, 5) is 19.9. The summed E-state index contributed by atoms with van der Waals surface area (Å²) in [6.45, 7) is 0. The van der Waals surface area contributed by atoms with Crippen molar-refractivity contribution in [2.45, 2.75) is 0 Å². The largest absolute Gasteiger partial charge is 0.361 e. The maximum Gasteiger partial charge on any atom is 0.255 e. The third kappa shape index (κ3) is 2.22. The van der Waals surface area contributed by atoms with Crippen LogP contribution in [0.25, 0.3) is 22.2 Å². The molecule has 0 atom stereocenters. The Bertz CT molecular complexity index is 871. The van der Waals surface area contributed by atoms with Gasteiger partial charge >= 0.3 is 0 Å². The summed E-state index contributed by atoms with van der Waals surface area (Å²) >= 11 is 0. The van der Waals surface area contributed by atoms with E-state index in [1.54, 1.807) is 32.4 Å². The molecule has 0 saturated carbocycles. The van der Waals surface area contributed by atoms with Gasteiger partial charge in [-0.1, -0.05) is 0 Å². The standard InChI is InChI=1S/C16H13F2N3O/c1-21(2)16(22)9-7-12(17)15(20-8-9)11-3-4-13-10(14(11)18)5-6-19-13/h3-8,19H,1-2H3. The highest BCUT2D eigenvalue weighted by Gasteiger charge is 2.17. The van der Waals surface area contributed by atoms with Gasteiger partial charge in [0.1, 0.15) is 17.3 Å². The normalized spacial score (nSPS) is 10.9. The summed E-state index contributed by atoms with van der Waals surface area (Å²) in [6.07, 6.45) is 2.86. The number of halogens is 2. The summed E-state index contributed by atoms with van der Waals surface area (Å²) in [7, 11) is 3.13. The van der Waals surface area contributed by atoms with E-state index >= 15 is 0 Å². The van der Waals surface area contributed by atoms with E-state index in [0.717, 1.165) is 6.07 Å². The van der Waals surface area contributed by atoms with Crippen LogP contribution in [-0.4, -0.2) is 34.9 Å². The Morgan fingerprint density at radius 3 is 2.68 bits per heavy atom. The maximum atomic E-state index is 14.5. The first-order valence-corrected chi connectivity index (χ1v) is 6.62. The molecule has 3 rings (SSSR count). The zero-order valence-corrected chi connectivity index (χ0v) is 12.0. The minimum absolute atomic E-state index is 0.0634. The summed E-state index contributed by atoms with van der Waals surface area (Å²) in [6, 6.07) is 5.78. The van der Waals surface area contributed by atoms with Crippen LogP contribution in [0.5, 0.6) is 0 Å². The Morgan fingerprint density at radius 2 is 2.00 bits per heavy atom. The van der Waals surface area contributed by atoms with Gasteiger partial charge in [-0.15, -0.1) is 0 Å². The predicted molar refractivity (Wildman–Crippen MR) is 79.5 cm³/mol. The van der Waals surface area contributed by atoms with Crippen LogP contribution in [0.2, 0.25) is 0 Å². The number of carbonyl (C=O) groups is 1. The number of fused-ring (bicyclic) bond motifs is 1. The fourth-order valence-electron chi connectivity index (χ4n) is 2.29. The molecule has 2 heterocycles. The Balaban J connectivity index is 2.11.